The first-order valence-corrected chi connectivity index (χ1v) is 7.66. The Morgan fingerprint density at radius 1 is 1.33 bits per heavy atom. The molecule has 1 aromatic carbocycles. The van der Waals surface area contributed by atoms with Crippen LogP contribution in [0.3, 0.4) is 0 Å². The molecular weight excluding hydrogens is 284 g/mol. The van der Waals surface area contributed by atoms with E-state index in [1.165, 1.54) is 17.0 Å². The van der Waals surface area contributed by atoms with Gasteiger partial charge in [-0.25, -0.2) is 0 Å². The van der Waals surface area contributed by atoms with Crippen LogP contribution in [0.2, 0.25) is 0 Å². The van der Waals surface area contributed by atoms with Gasteiger partial charge >= 0.3 is 0 Å². The SMILES string of the molecule is CCCOc1ccc(O)c(C(=O)/C=C/c2ccc(C)s2)c1. The summed E-state index contributed by atoms with van der Waals surface area (Å²) in [5.74, 6) is 0.328. The van der Waals surface area contributed by atoms with E-state index < -0.39 is 0 Å². The number of hydrogen-bond acceptors (Lipinski definition) is 4. The van der Waals surface area contributed by atoms with Crippen molar-refractivity contribution in [2.24, 2.45) is 0 Å². The fourth-order valence-electron chi connectivity index (χ4n) is 1.81. The van der Waals surface area contributed by atoms with E-state index in [-0.39, 0.29) is 17.1 Å². The minimum absolute atomic E-state index is 0.0316. The van der Waals surface area contributed by atoms with Gasteiger partial charge < -0.3 is 9.84 Å². The molecule has 0 spiro atoms. The number of phenols is 1. The molecule has 1 N–H and O–H groups in total. The zero-order valence-electron chi connectivity index (χ0n) is 12.1. The molecule has 0 bridgehead atoms. The van der Waals surface area contributed by atoms with Crippen LogP contribution < -0.4 is 4.74 Å². The molecule has 110 valence electrons. The summed E-state index contributed by atoms with van der Waals surface area (Å²) >= 11 is 1.62. The number of ketones is 1. The molecule has 1 aromatic heterocycles. The van der Waals surface area contributed by atoms with E-state index in [0.29, 0.717) is 12.4 Å². The number of thiophene rings is 1. The number of rotatable bonds is 6. The number of aryl methyl sites for hydroxylation is 1. The Labute approximate surface area is 128 Å². The lowest BCUT2D eigenvalue weighted by Gasteiger charge is -2.07. The van der Waals surface area contributed by atoms with Gasteiger partial charge in [0, 0.05) is 9.75 Å². The van der Waals surface area contributed by atoms with Gasteiger partial charge in [-0.3, -0.25) is 4.79 Å². The number of hydrogen-bond donors (Lipinski definition) is 1. The van der Waals surface area contributed by atoms with Crippen molar-refractivity contribution in [3.63, 3.8) is 0 Å². The molecule has 0 amide bonds. The van der Waals surface area contributed by atoms with Crippen LogP contribution in [0.5, 0.6) is 11.5 Å². The Morgan fingerprint density at radius 3 is 2.81 bits per heavy atom. The first-order chi connectivity index (χ1) is 10.1. The largest absolute Gasteiger partial charge is 0.507 e. The van der Waals surface area contributed by atoms with Crippen molar-refractivity contribution in [1.29, 1.82) is 0 Å². The molecule has 3 nitrogen and oxygen atoms in total. The molecule has 0 fully saturated rings. The van der Waals surface area contributed by atoms with Crippen molar-refractivity contribution in [3.8, 4) is 11.5 Å². The summed E-state index contributed by atoms with van der Waals surface area (Å²) in [6.45, 7) is 4.62. The van der Waals surface area contributed by atoms with Gasteiger partial charge in [0.15, 0.2) is 5.78 Å². The molecule has 2 rings (SSSR count). The van der Waals surface area contributed by atoms with Gasteiger partial charge in [-0.15, -0.1) is 11.3 Å². The van der Waals surface area contributed by atoms with Gasteiger partial charge in [-0.2, -0.15) is 0 Å². The summed E-state index contributed by atoms with van der Waals surface area (Å²) < 4.78 is 5.48. The van der Waals surface area contributed by atoms with Gasteiger partial charge in [0.2, 0.25) is 0 Å². The van der Waals surface area contributed by atoms with E-state index in [9.17, 15) is 9.90 Å². The highest BCUT2D eigenvalue weighted by atomic mass is 32.1. The molecule has 4 heteroatoms. The quantitative estimate of drug-likeness (QED) is 0.633. The summed E-state index contributed by atoms with van der Waals surface area (Å²) in [6.07, 6.45) is 4.13. The third-order valence-electron chi connectivity index (χ3n) is 2.87. The molecule has 21 heavy (non-hydrogen) atoms. The number of carbonyl (C=O) groups is 1. The van der Waals surface area contributed by atoms with Crippen LogP contribution >= 0.6 is 11.3 Å². The van der Waals surface area contributed by atoms with Crippen molar-refractivity contribution in [2.75, 3.05) is 6.61 Å². The molecule has 0 unspecified atom stereocenters. The van der Waals surface area contributed by atoms with E-state index in [1.807, 2.05) is 26.0 Å². The third-order valence-corrected chi connectivity index (χ3v) is 3.83. The van der Waals surface area contributed by atoms with Gasteiger partial charge in [-0.05, 0) is 55.8 Å². The van der Waals surface area contributed by atoms with E-state index >= 15 is 0 Å². The predicted molar refractivity (Wildman–Crippen MR) is 86.3 cm³/mol. The Hall–Kier alpha value is -2.07. The Bertz CT molecular complexity index is 656. The summed E-state index contributed by atoms with van der Waals surface area (Å²) in [4.78, 5) is 14.4. The molecule has 0 saturated heterocycles. The monoisotopic (exact) mass is 302 g/mol. The van der Waals surface area contributed by atoms with Crippen molar-refractivity contribution < 1.29 is 14.6 Å². The maximum atomic E-state index is 12.2. The van der Waals surface area contributed by atoms with Gasteiger partial charge in [-0.1, -0.05) is 6.92 Å². The fourth-order valence-corrected chi connectivity index (χ4v) is 2.59. The van der Waals surface area contributed by atoms with Crippen LogP contribution in [0, 0.1) is 6.92 Å². The first-order valence-electron chi connectivity index (χ1n) is 6.85. The van der Waals surface area contributed by atoms with Gasteiger partial charge in [0.25, 0.3) is 0 Å². The zero-order valence-corrected chi connectivity index (χ0v) is 12.9. The number of aromatic hydroxyl groups is 1. The van der Waals surface area contributed by atoms with Crippen molar-refractivity contribution in [2.45, 2.75) is 20.3 Å². The summed E-state index contributed by atoms with van der Waals surface area (Å²) in [6, 6.07) is 8.70. The average molecular weight is 302 g/mol. The molecule has 0 aliphatic rings. The van der Waals surface area contributed by atoms with Crippen LogP contribution in [-0.2, 0) is 0 Å². The molecule has 1 heterocycles. The number of ether oxygens (including phenoxy) is 1. The Kier molecular flexibility index (Phi) is 5.17. The van der Waals surface area contributed by atoms with Crippen LogP contribution in [-0.4, -0.2) is 17.5 Å². The average Bonchev–Trinajstić information content (AvgIpc) is 2.89. The lowest BCUT2D eigenvalue weighted by molar-refractivity contribution is 0.104. The molecule has 0 saturated carbocycles. The highest BCUT2D eigenvalue weighted by molar-refractivity contribution is 7.12. The minimum atomic E-state index is -0.236. The minimum Gasteiger partial charge on any atom is -0.507 e. The second-order valence-electron chi connectivity index (χ2n) is 4.67. The summed E-state index contributed by atoms with van der Waals surface area (Å²) in [7, 11) is 0. The van der Waals surface area contributed by atoms with Crippen LogP contribution in [0.4, 0.5) is 0 Å². The maximum Gasteiger partial charge on any atom is 0.189 e. The standard InChI is InChI=1S/C17H18O3S/c1-3-10-20-13-5-8-16(18)15(11-13)17(19)9-7-14-6-4-12(2)21-14/h4-9,11,18H,3,10H2,1-2H3/b9-7+. The topological polar surface area (TPSA) is 46.5 Å². The van der Waals surface area contributed by atoms with E-state index in [1.54, 1.807) is 29.5 Å². The van der Waals surface area contributed by atoms with Crippen LogP contribution in [0.15, 0.2) is 36.4 Å². The third kappa shape index (κ3) is 4.20. The fraction of sp³-hybridized carbons (Fsp3) is 0.235. The Balaban J connectivity index is 2.16. The molecule has 2 aromatic rings. The Morgan fingerprint density at radius 2 is 2.14 bits per heavy atom. The lowest BCUT2D eigenvalue weighted by Crippen LogP contribution is -1.99. The summed E-state index contributed by atoms with van der Waals surface area (Å²) in [5.41, 5.74) is 0.258. The number of carbonyl (C=O) groups excluding carboxylic acids is 1. The summed E-state index contributed by atoms with van der Waals surface area (Å²) in [5, 5.41) is 9.82. The first kappa shape index (κ1) is 15.3. The smallest absolute Gasteiger partial charge is 0.189 e. The predicted octanol–water partition coefficient (Wildman–Crippen LogP) is 4.45. The molecular formula is C17H18O3S. The van der Waals surface area contributed by atoms with E-state index in [4.69, 9.17) is 4.74 Å². The zero-order chi connectivity index (χ0) is 15.2. The maximum absolute atomic E-state index is 12.2. The molecule has 0 radical (unpaired) electrons. The highest BCUT2D eigenvalue weighted by Crippen LogP contribution is 2.24. The second-order valence-corrected chi connectivity index (χ2v) is 5.99. The van der Waals surface area contributed by atoms with Crippen molar-refractivity contribution >= 4 is 23.2 Å². The van der Waals surface area contributed by atoms with Crippen molar-refractivity contribution in [3.05, 3.63) is 51.7 Å². The molecule has 0 aliphatic carbocycles. The van der Waals surface area contributed by atoms with E-state index in [2.05, 4.69) is 0 Å². The molecule has 0 aliphatic heterocycles. The van der Waals surface area contributed by atoms with Gasteiger partial charge in [0.05, 0.1) is 12.2 Å². The lowest BCUT2D eigenvalue weighted by atomic mass is 10.1. The van der Waals surface area contributed by atoms with Crippen molar-refractivity contribution in [1.82, 2.24) is 0 Å². The van der Waals surface area contributed by atoms with Crippen LogP contribution in [0.25, 0.3) is 6.08 Å². The highest BCUT2D eigenvalue weighted by Gasteiger charge is 2.10. The number of allylic oxidation sites excluding steroid dienone is 1. The normalized spacial score (nSPS) is 11.0. The number of phenolic OH excluding ortho intramolecular Hbond substituents is 1. The van der Waals surface area contributed by atoms with E-state index in [0.717, 1.165) is 11.3 Å². The van der Waals surface area contributed by atoms with Crippen LogP contribution in [0.1, 0.15) is 33.5 Å². The molecule has 0 atom stereocenters. The second kappa shape index (κ2) is 7.09. The van der Waals surface area contributed by atoms with Gasteiger partial charge in [0.1, 0.15) is 11.5 Å². The number of benzene rings is 1.